The number of nitrogens with one attached hydrogen (secondary N) is 1. The summed E-state index contributed by atoms with van der Waals surface area (Å²) >= 11 is 10.5. The maximum absolute atomic E-state index is 12.6. The number of hydrogen-bond donors (Lipinski definition) is 1. The first-order valence-electron chi connectivity index (χ1n) is 9.71. The lowest BCUT2D eigenvalue weighted by atomic mass is 10.1. The molecule has 0 spiro atoms. The van der Waals surface area contributed by atoms with Crippen LogP contribution in [0.15, 0.2) is 85.7 Å². The van der Waals surface area contributed by atoms with E-state index in [-0.39, 0.29) is 11.6 Å². The van der Waals surface area contributed by atoms with Crippen molar-refractivity contribution < 1.29 is 9.53 Å². The molecule has 0 saturated heterocycles. The highest BCUT2D eigenvalue weighted by molar-refractivity contribution is 9.11. The molecule has 1 amide bonds. The molecule has 0 unspecified atom stereocenters. The molecule has 32 heavy (non-hydrogen) atoms. The molecule has 3 aromatic carbocycles. The van der Waals surface area contributed by atoms with Gasteiger partial charge >= 0.3 is 0 Å². The van der Waals surface area contributed by atoms with Crippen molar-refractivity contribution in [1.82, 2.24) is 5.32 Å². The standard InChI is InChI=1S/C25H19Br3N2O2/c1-16(19-5-3-2-4-6-19)30-25(31)20(14-29)11-18-12-22(27)24(23(28)13-18)32-15-17-7-9-21(26)10-8-17/h2-13,16H,15H2,1H3,(H,30,31)/b20-11-/t16-/m1/s1. The normalized spacial score (nSPS) is 12.0. The Hall–Kier alpha value is -2.40. The lowest BCUT2D eigenvalue weighted by Crippen LogP contribution is -2.27. The van der Waals surface area contributed by atoms with Crippen LogP contribution in [0, 0.1) is 11.3 Å². The third-order valence-corrected chi connectivity index (χ3v) is 6.35. The van der Waals surface area contributed by atoms with Gasteiger partial charge in [0.25, 0.3) is 5.91 Å². The van der Waals surface area contributed by atoms with Gasteiger partial charge in [0.05, 0.1) is 15.0 Å². The minimum absolute atomic E-state index is 0.0233. The third kappa shape index (κ3) is 6.55. The molecule has 0 bridgehead atoms. The Balaban J connectivity index is 1.74. The SMILES string of the molecule is C[C@@H](NC(=O)/C(C#N)=C\c1cc(Br)c(OCc2ccc(Br)cc2)c(Br)c1)c1ccccc1. The highest BCUT2D eigenvalue weighted by Gasteiger charge is 2.15. The second-order valence-corrected chi connectivity index (χ2v) is 9.63. The Morgan fingerprint density at radius 2 is 1.69 bits per heavy atom. The van der Waals surface area contributed by atoms with Crippen LogP contribution in [0.4, 0.5) is 0 Å². The van der Waals surface area contributed by atoms with Gasteiger partial charge in [0.2, 0.25) is 0 Å². The molecule has 0 aliphatic rings. The second-order valence-electron chi connectivity index (χ2n) is 7.00. The topological polar surface area (TPSA) is 62.1 Å². The number of hydrogen-bond acceptors (Lipinski definition) is 3. The van der Waals surface area contributed by atoms with Gasteiger partial charge in [-0.2, -0.15) is 5.26 Å². The van der Waals surface area contributed by atoms with Gasteiger partial charge in [-0.15, -0.1) is 0 Å². The minimum Gasteiger partial charge on any atom is -0.487 e. The zero-order valence-corrected chi connectivity index (χ0v) is 21.9. The van der Waals surface area contributed by atoms with E-state index in [9.17, 15) is 10.1 Å². The summed E-state index contributed by atoms with van der Waals surface area (Å²) in [5, 5.41) is 12.4. The molecule has 0 saturated carbocycles. The molecule has 0 radical (unpaired) electrons. The summed E-state index contributed by atoms with van der Waals surface area (Å²) in [6, 6.07) is 22.9. The van der Waals surface area contributed by atoms with Gasteiger partial charge in [-0.05, 0) is 85.8 Å². The highest BCUT2D eigenvalue weighted by Crippen LogP contribution is 2.36. The van der Waals surface area contributed by atoms with E-state index in [0.717, 1.165) is 15.6 Å². The number of halogens is 3. The van der Waals surface area contributed by atoms with Crippen molar-refractivity contribution in [3.8, 4) is 11.8 Å². The smallest absolute Gasteiger partial charge is 0.262 e. The van der Waals surface area contributed by atoms with Crippen LogP contribution in [0.3, 0.4) is 0 Å². The molecular formula is C25H19Br3N2O2. The van der Waals surface area contributed by atoms with Gasteiger partial charge in [-0.3, -0.25) is 4.79 Å². The predicted molar refractivity (Wildman–Crippen MR) is 137 cm³/mol. The van der Waals surface area contributed by atoms with Gasteiger partial charge in [0.15, 0.2) is 0 Å². The van der Waals surface area contributed by atoms with Crippen molar-refractivity contribution in [2.45, 2.75) is 19.6 Å². The fourth-order valence-electron chi connectivity index (χ4n) is 2.95. The second kappa shape index (κ2) is 11.5. The van der Waals surface area contributed by atoms with E-state index in [0.29, 0.717) is 26.9 Å². The first-order valence-corrected chi connectivity index (χ1v) is 12.1. The molecule has 1 N–H and O–H groups in total. The fourth-order valence-corrected chi connectivity index (χ4v) is 4.67. The summed E-state index contributed by atoms with van der Waals surface area (Å²) < 4.78 is 8.39. The number of nitrogens with zero attached hydrogens (tertiary/aromatic N) is 1. The van der Waals surface area contributed by atoms with Crippen molar-refractivity contribution >= 4 is 59.8 Å². The van der Waals surface area contributed by atoms with E-state index in [4.69, 9.17) is 4.74 Å². The van der Waals surface area contributed by atoms with Crippen LogP contribution in [0.2, 0.25) is 0 Å². The first kappa shape index (κ1) is 24.2. The van der Waals surface area contributed by atoms with Gasteiger partial charge < -0.3 is 10.1 Å². The number of benzene rings is 3. The van der Waals surface area contributed by atoms with Crippen molar-refractivity contribution in [3.05, 3.63) is 102 Å². The quantitative estimate of drug-likeness (QED) is 0.223. The summed E-state index contributed by atoms with van der Waals surface area (Å²) in [6.07, 6.45) is 1.56. The molecule has 0 fully saturated rings. The van der Waals surface area contributed by atoms with E-state index >= 15 is 0 Å². The van der Waals surface area contributed by atoms with E-state index in [2.05, 4.69) is 53.1 Å². The Kier molecular flexibility index (Phi) is 8.68. The minimum atomic E-state index is -0.424. The van der Waals surface area contributed by atoms with Crippen LogP contribution >= 0.6 is 47.8 Å². The average molecular weight is 619 g/mol. The summed E-state index contributed by atoms with van der Waals surface area (Å²) in [4.78, 5) is 12.6. The molecule has 3 aromatic rings. The van der Waals surface area contributed by atoms with Crippen LogP contribution in [-0.4, -0.2) is 5.91 Å². The Labute approximate surface area is 212 Å². The average Bonchev–Trinajstić information content (AvgIpc) is 2.78. The van der Waals surface area contributed by atoms with E-state index in [1.807, 2.05) is 79.7 Å². The maximum atomic E-state index is 12.6. The van der Waals surface area contributed by atoms with Gasteiger partial charge in [0.1, 0.15) is 24.0 Å². The number of carbonyl (C=O) groups excluding carboxylic acids is 1. The molecule has 0 heterocycles. The third-order valence-electron chi connectivity index (χ3n) is 4.64. The number of ether oxygens (including phenoxy) is 1. The molecule has 7 heteroatoms. The summed E-state index contributed by atoms with van der Waals surface area (Å²) in [5.41, 5.74) is 2.72. The molecule has 3 rings (SSSR count). The van der Waals surface area contributed by atoms with Crippen molar-refractivity contribution in [2.75, 3.05) is 0 Å². The molecular weight excluding hydrogens is 600 g/mol. The van der Waals surface area contributed by atoms with Gasteiger partial charge in [-0.1, -0.05) is 58.4 Å². The Morgan fingerprint density at radius 1 is 1.06 bits per heavy atom. The maximum Gasteiger partial charge on any atom is 0.262 e. The van der Waals surface area contributed by atoms with Crippen molar-refractivity contribution in [1.29, 1.82) is 5.26 Å². The number of amides is 1. The lowest BCUT2D eigenvalue weighted by molar-refractivity contribution is -0.117. The first-order chi connectivity index (χ1) is 15.4. The van der Waals surface area contributed by atoms with Gasteiger partial charge in [-0.25, -0.2) is 0 Å². The van der Waals surface area contributed by atoms with E-state index in [1.165, 1.54) is 0 Å². The molecule has 4 nitrogen and oxygen atoms in total. The van der Waals surface area contributed by atoms with Crippen molar-refractivity contribution in [3.63, 3.8) is 0 Å². The monoisotopic (exact) mass is 616 g/mol. The molecule has 0 aliphatic heterocycles. The lowest BCUT2D eigenvalue weighted by Gasteiger charge is -2.14. The molecule has 1 atom stereocenters. The summed E-state index contributed by atoms with van der Waals surface area (Å²) in [6.45, 7) is 2.29. The molecule has 0 aromatic heterocycles. The Bertz CT molecular complexity index is 1150. The van der Waals surface area contributed by atoms with E-state index < -0.39 is 5.91 Å². The molecule has 162 valence electrons. The van der Waals surface area contributed by atoms with Gasteiger partial charge in [0, 0.05) is 4.47 Å². The van der Waals surface area contributed by atoms with E-state index in [1.54, 1.807) is 6.08 Å². The predicted octanol–water partition coefficient (Wildman–Crippen LogP) is 7.34. The van der Waals surface area contributed by atoms with Crippen LogP contribution in [0.1, 0.15) is 29.7 Å². The van der Waals surface area contributed by atoms with Crippen LogP contribution in [0.25, 0.3) is 6.08 Å². The fraction of sp³-hybridized carbons (Fsp3) is 0.120. The summed E-state index contributed by atoms with van der Waals surface area (Å²) in [7, 11) is 0. The highest BCUT2D eigenvalue weighted by atomic mass is 79.9. The largest absolute Gasteiger partial charge is 0.487 e. The van der Waals surface area contributed by atoms with Crippen LogP contribution in [-0.2, 0) is 11.4 Å². The zero-order valence-electron chi connectivity index (χ0n) is 17.1. The number of rotatable bonds is 7. The zero-order chi connectivity index (χ0) is 23.1. The summed E-state index contributed by atoms with van der Waals surface area (Å²) in [5.74, 6) is 0.220. The number of nitriles is 1. The Morgan fingerprint density at radius 3 is 2.28 bits per heavy atom. The number of carbonyl (C=O) groups is 1. The van der Waals surface area contributed by atoms with Crippen molar-refractivity contribution in [2.24, 2.45) is 0 Å². The van der Waals surface area contributed by atoms with Crippen LogP contribution in [0.5, 0.6) is 5.75 Å². The molecule has 0 aliphatic carbocycles. The van der Waals surface area contributed by atoms with Crippen LogP contribution < -0.4 is 10.1 Å².